The summed E-state index contributed by atoms with van der Waals surface area (Å²) in [4.78, 5) is 11.3. The molecule has 0 N–H and O–H groups in total. The maximum atomic E-state index is 5.67. The van der Waals surface area contributed by atoms with Crippen molar-refractivity contribution in [2.45, 2.75) is 19.3 Å². The second-order valence-electron chi connectivity index (χ2n) is 14.8. The monoisotopic (exact) mass is 687 g/mol. The Kier molecular flexibility index (Phi) is 6.23. The van der Waals surface area contributed by atoms with E-state index < -0.39 is 0 Å². The van der Waals surface area contributed by atoms with Crippen molar-refractivity contribution in [2.24, 2.45) is 0 Å². The highest BCUT2D eigenvalue weighted by atomic mass is 15.2. The second-order valence-corrected chi connectivity index (χ2v) is 14.8. The van der Waals surface area contributed by atoms with Gasteiger partial charge in [-0.3, -0.25) is 4.57 Å². The van der Waals surface area contributed by atoms with Crippen LogP contribution in [0.5, 0.6) is 0 Å². The van der Waals surface area contributed by atoms with Crippen LogP contribution in [0.2, 0.25) is 0 Å². The molecule has 0 saturated carbocycles. The first-order valence-electron chi connectivity index (χ1n) is 19.0. The Morgan fingerprint density at radius 1 is 0.426 bits per heavy atom. The van der Waals surface area contributed by atoms with Gasteiger partial charge in [-0.1, -0.05) is 152 Å². The van der Waals surface area contributed by atoms with Gasteiger partial charge < -0.3 is 0 Å². The first-order valence-corrected chi connectivity index (χ1v) is 19.0. The zero-order valence-electron chi connectivity index (χ0n) is 29.6. The summed E-state index contributed by atoms with van der Waals surface area (Å²) in [6, 6.07) is 60.0. The van der Waals surface area contributed by atoms with Crippen molar-refractivity contribution in [3.8, 4) is 28.5 Å². The SMILES string of the molecule is c1ccc2c(c1)CCCc1c(-c3ccc4ccccc4c3)nc(-n3c4ccc5c6ccccc6c6ccccc6c5c4c4ccc5ccccc5c43)nc1-2. The number of aromatic nitrogens is 3. The molecule has 11 aromatic rings. The summed E-state index contributed by atoms with van der Waals surface area (Å²) in [5, 5.41) is 14.9. The third kappa shape index (κ3) is 4.18. The molecule has 1 aliphatic rings. The molecule has 0 unspecified atom stereocenters. The molecule has 2 heterocycles. The van der Waals surface area contributed by atoms with Gasteiger partial charge in [0.05, 0.1) is 22.4 Å². The van der Waals surface area contributed by atoms with Crippen LogP contribution in [-0.4, -0.2) is 14.5 Å². The third-order valence-electron chi connectivity index (χ3n) is 11.9. The van der Waals surface area contributed by atoms with Crippen LogP contribution in [0.15, 0.2) is 164 Å². The minimum Gasteiger partial charge on any atom is -0.277 e. The molecule has 0 aliphatic heterocycles. The summed E-state index contributed by atoms with van der Waals surface area (Å²) in [5.74, 6) is 0.703. The normalized spacial score (nSPS) is 13.0. The van der Waals surface area contributed by atoms with E-state index in [1.165, 1.54) is 81.3 Å². The zero-order valence-corrected chi connectivity index (χ0v) is 29.6. The van der Waals surface area contributed by atoms with E-state index in [4.69, 9.17) is 9.97 Å². The number of benzene rings is 9. The number of aryl methyl sites for hydroxylation is 1. The van der Waals surface area contributed by atoms with Crippen molar-refractivity contribution in [2.75, 3.05) is 0 Å². The molecule has 2 aromatic heterocycles. The minimum absolute atomic E-state index is 0.703. The Morgan fingerprint density at radius 3 is 1.87 bits per heavy atom. The summed E-state index contributed by atoms with van der Waals surface area (Å²) in [6.07, 6.45) is 3.00. The minimum atomic E-state index is 0.703. The lowest BCUT2D eigenvalue weighted by Crippen LogP contribution is -2.08. The smallest absolute Gasteiger partial charge is 0.235 e. The summed E-state index contributed by atoms with van der Waals surface area (Å²) < 4.78 is 2.37. The van der Waals surface area contributed by atoms with Crippen molar-refractivity contribution >= 4 is 75.7 Å². The topological polar surface area (TPSA) is 30.7 Å². The van der Waals surface area contributed by atoms with Crippen LogP contribution in [0.3, 0.4) is 0 Å². The Morgan fingerprint density at radius 2 is 1.04 bits per heavy atom. The van der Waals surface area contributed by atoms with Gasteiger partial charge in [-0.05, 0) is 80.0 Å². The Labute approximate surface area is 311 Å². The maximum absolute atomic E-state index is 5.67. The maximum Gasteiger partial charge on any atom is 0.235 e. The number of hydrogen-bond acceptors (Lipinski definition) is 2. The lowest BCUT2D eigenvalue weighted by Gasteiger charge is -2.17. The molecule has 0 saturated heterocycles. The molecule has 0 bridgehead atoms. The molecule has 1 aliphatic carbocycles. The molecule has 252 valence electrons. The van der Waals surface area contributed by atoms with Gasteiger partial charge in [0, 0.05) is 38.2 Å². The molecular weight excluding hydrogens is 655 g/mol. The standard InChI is InChI=1S/C51H33N3/c1-2-15-34-30-35(25-24-31(34)12-1)48-44-23-11-16-32-13-3-5-17-36(32)49(44)53-51(52-48)54-45-29-28-42-40-21-8-7-19-38(40)39-20-9-10-22-41(39)46(42)47(45)43-27-26-33-14-4-6-18-37(33)50(43)54/h1-10,12-15,17-22,24-30H,11,16,23H2. The first kappa shape index (κ1) is 29.7. The van der Waals surface area contributed by atoms with Gasteiger partial charge in [0.2, 0.25) is 5.95 Å². The van der Waals surface area contributed by atoms with E-state index >= 15 is 0 Å². The highest BCUT2D eigenvalue weighted by Crippen LogP contribution is 2.45. The first-order chi connectivity index (χ1) is 26.8. The predicted molar refractivity (Wildman–Crippen MR) is 227 cm³/mol. The molecule has 3 heteroatoms. The van der Waals surface area contributed by atoms with Crippen molar-refractivity contribution in [1.29, 1.82) is 0 Å². The molecule has 0 fully saturated rings. The largest absolute Gasteiger partial charge is 0.277 e. The van der Waals surface area contributed by atoms with Gasteiger partial charge in [-0.25, -0.2) is 9.97 Å². The number of hydrogen-bond donors (Lipinski definition) is 0. The summed E-state index contributed by atoms with van der Waals surface area (Å²) in [6.45, 7) is 0. The van der Waals surface area contributed by atoms with Gasteiger partial charge in [0.25, 0.3) is 0 Å². The number of nitrogens with zero attached hydrogens (tertiary/aromatic N) is 3. The Hall–Kier alpha value is -6.84. The van der Waals surface area contributed by atoms with Crippen LogP contribution >= 0.6 is 0 Å². The second kappa shape index (κ2) is 11.3. The quantitative estimate of drug-likeness (QED) is 0.169. The van der Waals surface area contributed by atoms with E-state index in [1.807, 2.05) is 0 Å². The van der Waals surface area contributed by atoms with E-state index in [-0.39, 0.29) is 0 Å². The summed E-state index contributed by atoms with van der Waals surface area (Å²) in [7, 11) is 0. The van der Waals surface area contributed by atoms with Crippen LogP contribution in [-0.2, 0) is 12.8 Å². The van der Waals surface area contributed by atoms with Crippen LogP contribution < -0.4 is 0 Å². The highest BCUT2D eigenvalue weighted by Gasteiger charge is 2.26. The van der Waals surface area contributed by atoms with Gasteiger partial charge in [0.1, 0.15) is 0 Å². The van der Waals surface area contributed by atoms with Crippen LogP contribution in [0.4, 0.5) is 0 Å². The Balaban J connectivity index is 1.28. The fourth-order valence-electron chi connectivity index (χ4n) is 9.50. The fraction of sp³-hybridized carbons (Fsp3) is 0.0588. The van der Waals surface area contributed by atoms with Gasteiger partial charge in [0.15, 0.2) is 0 Å². The van der Waals surface area contributed by atoms with E-state index in [1.54, 1.807) is 0 Å². The van der Waals surface area contributed by atoms with E-state index in [9.17, 15) is 0 Å². The molecular formula is C51H33N3. The van der Waals surface area contributed by atoms with Crippen molar-refractivity contribution in [3.63, 3.8) is 0 Å². The van der Waals surface area contributed by atoms with Crippen molar-refractivity contribution in [3.05, 3.63) is 175 Å². The zero-order chi connectivity index (χ0) is 35.3. The highest BCUT2D eigenvalue weighted by molar-refractivity contribution is 6.36. The molecule has 9 aromatic carbocycles. The van der Waals surface area contributed by atoms with Crippen LogP contribution in [0.25, 0.3) is 104 Å². The van der Waals surface area contributed by atoms with Crippen molar-refractivity contribution in [1.82, 2.24) is 14.5 Å². The van der Waals surface area contributed by atoms with E-state index in [0.717, 1.165) is 47.2 Å². The average Bonchev–Trinajstić information content (AvgIpc) is 3.47. The molecule has 0 radical (unpaired) electrons. The van der Waals surface area contributed by atoms with Gasteiger partial charge >= 0.3 is 0 Å². The summed E-state index contributed by atoms with van der Waals surface area (Å²) in [5.41, 5.74) is 9.23. The number of fused-ring (bicyclic) bond motifs is 16. The molecule has 0 spiro atoms. The molecule has 0 amide bonds. The van der Waals surface area contributed by atoms with Gasteiger partial charge in [-0.2, -0.15) is 0 Å². The summed E-state index contributed by atoms with van der Waals surface area (Å²) >= 11 is 0. The molecule has 0 atom stereocenters. The lowest BCUT2D eigenvalue weighted by molar-refractivity contribution is 0.828. The molecule has 3 nitrogen and oxygen atoms in total. The van der Waals surface area contributed by atoms with Crippen LogP contribution in [0, 0.1) is 0 Å². The molecule has 12 rings (SSSR count). The van der Waals surface area contributed by atoms with Crippen LogP contribution in [0.1, 0.15) is 17.5 Å². The number of rotatable bonds is 2. The lowest BCUT2D eigenvalue weighted by atomic mass is 9.91. The van der Waals surface area contributed by atoms with E-state index in [0.29, 0.717) is 5.95 Å². The van der Waals surface area contributed by atoms with Crippen molar-refractivity contribution < 1.29 is 0 Å². The average molecular weight is 688 g/mol. The predicted octanol–water partition coefficient (Wildman–Crippen LogP) is 13.2. The fourth-order valence-corrected chi connectivity index (χ4v) is 9.50. The Bertz CT molecular complexity index is 3330. The van der Waals surface area contributed by atoms with Gasteiger partial charge in [-0.15, -0.1) is 0 Å². The van der Waals surface area contributed by atoms with E-state index in [2.05, 4.69) is 168 Å². The third-order valence-corrected chi connectivity index (χ3v) is 11.9. The molecule has 54 heavy (non-hydrogen) atoms.